The van der Waals surface area contributed by atoms with Gasteiger partial charge in [0, 0.05) is 26.7 Å². The van der Waals surface area contributed by atoms with Gasteiger partial charge in [0.15, 0.2) is 5.88 Å². The molecule has 0 bridgehead atoms. The fourth-order valence-corrected chi connectivity index (χ4v) is 0.898. The Hall–Kier alpha value is -1.00. The number of furan rings is 1. The van der Waals surface area contributed by atoms with Gasteiger partial charge in [0.1, 0.15) is 5.76 Å². The summed E-state index contributed by atoms with van der Waals surface area (Å²) in [5.41, 5.74) is 11.1. The monoisotopic (exact) mass is 169 g/mol. The number of rotatable bonds is 3. The van der Waals surface area contributed by atoms with E-state index < -0.39 is 0 Å². The van der Waals surface area contributed by atoms with Gasteiger partial charge in [0.25, 0.3) is 0 Å². The molecular weight excluding hydrogens is 154 g/mol. The van der Waals surface area contributed by atoms with E-state index >= 15 is 0 Å². The Morgan fingerprint density at radius 3 is 2.58 bits per heavy atom. The first-order chi connectivity index (χ1) is 5.65. The Morgan fingerprint density at radius 2 is 2.17 bits per heavy atom. The van der Waals surface area contributed by atoms with Crippen molar-refractivity contribution in [2.24, 2.45) is 11.5 Å². The third-order valence-corrected chi connectivity index (χ3v) is 1.67. The molecule has 1 atom stereocenters. The lowest BCUT2D eigenvalue weighted by atomic mass is 10.2. The van der Waals surface area contributed by atoms with E-state index in [0.717, 1.165) is 11.6 Å². The minimum Gasteiger partial charge on any atom is -0.444 e. The van der Waals surface area contributed by atoms with Crippen molar-refractivity contribution in [1.82, 2.24) is 0 Å². The van der Waals surface area contributed by atoms with E-state index in [1.165, 1.54) is 0 Å². The lowest BCUT2D eigenvalue weighted by molar-refractivity contribution is 0.471. The maximum absolute atomic E-state index is 5.67. The second-order valence-corrected chi connectivity index (χ2v) is 2.91. The van der Waals surface area contributed by atoms with Crippen molar-refractivity contribution in [3.63, 3.8) is 0 Å². The van der Waals surface area contributed by atoms with Crippen LogP contribution in [0, 0.1) is 0 Å². The number of hydrogen-bond acceptors (Lipinski definition) is 4. The predicted molar refractivity (Wildman–Crippen MR) is 49.0 cm³/mol. The number of nitrogens with zero attached hydrogens (tertiary/aromatic N) is 1. The van der Waals surface area contributed by atoms with Crippen molar-refractivity contribution in [2.45, 2.75) is 6.04 Å². The highest BCUT2D eigenvalue weighted by Crippen LogP contribution is 2.19. The third-order valence-electron chi connectivity index (χ3n) is 1.67. The second kappa shape index (κ2) is 3.60. The molecule has 1 heterocycles. The van der Waals surface area contributed by atoms with Crippen LogP contribution in [0.1, 0.15) is 11.8 Å². The quantitative estimate of drug-likeness (QED) is 0.683. The number of hydrogen-bond donors (Lipinski definition) is 2. The van der Waals surface area contributed by atoms with Gasteiger partial charge in [0.05, 0.1) is 6.04 Å². The fourth-order valence-electron chi connectivity index (χ4n) is 0.898. The molecule has 0 aliphatic rings. The minimum atomic E-state index is -0.196. The predicted octanol–water partition coefficient (Wildman–Crippen LogP) is 0.304. The summed E-state index contributed by atoms with van der Waals surface area (Å²) in [5, 5.41) is 0. The summed E-state index contributed by atoms with van der Waals surface area (Å²) < 4.78 is 5.42. The van der Waals surface area contributed by atoms with Crippen molar-refractivity contribution >= 4 is 5.88 Å². The average molecular weight is 169 g/mol. The molecule has 0 amide bonds. The van der Waals surface area contributed by atoms with Gasteiger partial charge in [-0.3, -0.25) is 0 Å². The van der Waals surface area contributed by atoms with E-state index in [9.17, 15) is 0 Å². The summed E-state index contributed by atoms with van der Waals surface area (Å²) in [5.74, 6) is 1.54. The highest BCUT2D eigenvalue weighted by Gasteiger charge is 2.09. The third kappa shape index (κ3) is 1.78. The molecule has 12 heavy (non-hydrogen) atoms. The first-order valence-electron chi connectivity index (χ1n) is 3.88. The van der Waals surface area contributed by atoms with Gasteiger partial charge in [-0.05, 0) is 6.07 Å². The van der Waals surface area contributed by atoms with Crippen LogP contribution in [0.4, 0.5) is 5.88 Å². The van der Waals surface area contributed by atoms with Crippen molar-refractivity contribution in [1.29, 1.82) is 0 Å². The van der Waals surface area contributed by atoms with E-state index in [-0.39, 0.29) is 6.04 Å². The fraction of sp³-hybridized carbons (Fsp3) is 0.500. The van der Waals surface area contributed by atoms with Crippen LogP contribution in [0.3, 0.4) is 0 Å². The zero-order valence-electron chi connectivity index (χ0n) is 7.45. The molecule has 0 saturated heterocycles. The molecule has 1 aromatic heterocycles. The van der Waals surface area contributed by atoms with Crippen molar-refractivity contribution in [3.05, 3.63) is 17.9 Å². The summed E-state index contributed by atoms with van der Waals surface area (Å²) in [6.07, 6.45) is 0. The Labute approximate surface area is 72.1 Å². The van der Waals surface area contributed by atoms with Gasteiger partial charge >= 0.3 is 0 Å². The molecule has 0 spiro atoms. The maximum atomic E-state index is 5.67. The SMILES string of the molecule is CN(C)c1ccc(C(N)CN)o1. The van der Waals surface area contributed by atoms with Gasteiger partial charge in [-0.25, -0.2) is 0 Å². The average Bonchev–Trinajstić information content (AvgIpc) is 2.51. The van der Waals surface area contributed by atoms with Gasteiger partial charge in [-0.1, -0.05) is 0 Å². The summed E-state index contributed by atoms with van der Waals surface area (Å²) in [6, 6.07) is 3.54. The van der Waals surface area contributed by atoms with Crippen LogP contribution in [0.2, 0.25) is 0 Å². The van der Waals surface area contributed by atoms with Gasteiger partial charge < -0.3 is 20.8 Å². The molecule has 0 aliphatic heterocycles. The van der Waals surface area contributed by atoms with Gasteiger partial charge in [0.2, 0.25) is 0 Å². The molecule has 4 N–H and O–H groups in total. The summed E-state index contributed by atoms with van der Waals surface area (Å²) in [4.78, 5) is 1.88. The molecule has 0 radical (unpaired) electrons. The second-order valence-electron chi connectivity index (χ2n) is 2.91. The molecule has 1 unspecified atom stereocenters. The first kappa shape index (κ1) is 9.09. The number of anilines is 1. The lowest BCUT2D eigenvalue weighted by Crippen LogP contribution is -2.20. The Balaban J connectivity index is 2.77. The van der Waals surface area contributed by atoms with Crippen LogP contribution in [0.25, 0.3) is 0 Å². The maximum Gasteiger partial charge on any atom is 0.195 e. The normalized spacial score (nSPS) is 13.0. The molecular formula is C8H15N3O. The molecule has 4 heteroatoms. The van der Waals surface area contributed by atoms with E-state index in [2.05, 4.69) is 0 Å². The highest BCUT2D eigenvalue weighted by molar-refractivity contribution is 5.34. The topological polar surface area (TPSA) is 68.4 Å². The molecule has 0 saturated carbocycles. The molecule has 0 aliphatic carbocycles. The van der Waals surface area contributed by atoms with E-state index in [0.29, 0.717) is 6.54 Å². The Bertz CT molecular complexity index is 244. The van der Waals surface area contributed by atoms with Crippen molar-refractivity contribution in [3.8, 4) is 0 Å². The first-order valence-corrected chi connectivity index (χ1v) is 3.88. The Morgan fingerprint density at radius 1 is 1.50 bits per heavy atom. The molecule has 0 fully saturated rings. The summed E-state index contributed by atoms with van der Waals surface area (Å²) >= 11 is 0. The van der Waals surface area contributed by atoms with Crippen LogP contribution >= 0.6 is 0 Å². The number of nitrogens with two attached hydrogens (primary N) is 2. The Kier molecular flexibility index (Phi) is 2.73. The molecule has 68 valence electrons. The van der Waals surface area contributed by atoms with Crippen molar-refractivity contribution < 1.29 is 4.42 Å². The van der Waals surface area contributed by atoms with E-state index in [1.54, 1.807) is 0 Å². The summed E-state index contributed by atoms with van der Waals surface area (Å²) in [6.45, 7) is 0.403. The zero-order chi connectivity index (χ0) is 9.14. The van der Waals surface area contributed by atoms with E-state index in [1.807, 2.05) is 31.1 Å². The molecule has 0 aromatic carbocycles. The van der Waals surface area contributed by atoms with Crippen LogP contribution < -0.4 is 16.4 Å². The van der Waals surface area contributed by atoms with Gasteiger partial charge in [-0.15, -0.1) is 0 Å². The lowest BCUT2D eigenvalue weighted by Gasteiger charge is -2.08. The zero-order valence-corrected chi connectivity index (χ0v) is 7.45. The van der Waals surface area contributed by atoms with Crippen LogP contribution in [0.5, 0.6) is 0 Å². The standard InChI is InChI=1S/C8H15N3O/c1-11(2)8-4-3-7(12-8)6(10)5-9/h3-4,6H,5,9-10H2,1-2H3. The molecule has 4 nitrogen and oxygen atoms in total. The summed E-state index contributed by atoms with van der Waals surface area (Å²) in [7, 11) is 3.83. The minimum absolute atomic E-state index is 0.196. The molecule has 1 aromatic rings. The van der Waals surface area contributed by atoms with Crippen molar-refractivity contribution in [2.75, 3.05) is 25.5 Å². The smallest absolute Gasteiger partial charge is 0.195 e. The highest BCUT2D eigenvalue weighted by atomic mass is 16.4. The molecule has 1 rings (SSSR count). The van der Waals surface area contributed by atoms with Crippen LogP contribution in [-0.4, -0.2) is 20.6 Å². The largest absolute Gasteiger partial charge is 0.444 e. The van der Waals surface area contributed by atoms with Crippen LogP contribution in [-0.2, 0) is 0 Å². The van der Waals surface area contributed by atoms with E-state index in [4.69, 9.17) is 15.9 Å². The van der Waals surface area contributed by atoms with Crippen LogP contribution in [0.15, 0.2) is 16.5 Å². The van der Waals surface area contributed by atoms with Gasteiger partial charge in [-0.2, -0.15) is 0 Å².